The predicted octanol–water partition coefficient (Wildman–Crippen LogP) is 2.69. The van der Waals surface area contributed by atoms with Crippen LogP contribution in [0.15, 0.2) is 36.7 Å². The average molecular weight is 417 g/mol. The third-order valence-electron chi connectivity index (χ3n) is 5.52. The maximum atomic E-state index is 10.5. The maximum Gasteiger partial charge on any atom is 0.127 e. The van der Waals surface area contributed by atoms with Gasteiger partial charge in [0, 0.05) is 43.7 Å². The van der Waals surface area contributed by atoms with Crippen molar-refractivity contribution in [2.75, 3.05) is 39.9 Å². The summed E-state index contributed by atoms with van der Waals surface area (Å²) >= 11 is 0. The van der Waals surface area contributed by atoms with Crippen molar-refractivity contribution in [2.45, 2.75) is 51.3 Å². The smallest absolute Gasteiger partial charge is 0.127 e. The standard InChI is InChI=1S/C23H36N4O3/c1-29-22-9-8-20(17-24-11-15-27-14-7-10-25-27)23(16-22)30-19-21(28)18-26-12-5-3-2-4-6-13-26/h7-10,14,16,21,24,28H,2-6,11-13,15,17-19H2,1H3. The topological polar surface area (TPSA) is 71.8 Å². The molecule has 1 aliphatic rings. The van der Waals surface area contributed by atoms with Crippen LogP contribution in [0.5, 0.6) is 11.5 Å². The van der Waals surface area contributed by atoms with Crippen LogP contribution >= 0.6 is 0 Å². The SMILES string of the molecule is COc1ccc(CNCCn2cccn2)c(OCC(O)CN2CCCCCCC2)c1. The quantitative estimate of drug-likeness (QED) is 0.549. The van der Waals surface area contributed by atoms with Crippen LogP contribution in [0, 0.1) is 0 Å². The number of β-amino-alcohol motifs (C(OH)–C–C–N with tert-alkyl or cyclic N) is 1. The molecule has 1 saturated heterocycles. The molecule has 1 aromatic heterocycles. The number of likely N-dealkylation sites (tertiary alicyclic amines) is 1. The van der Waals surface area contributed by atoms with Crippen LogP contribution in [0.4, 0.5) is 0 Å². The molecule has 7 heteroatoms. The summed E-state index contributed by atoms with van der Waals surface area (Å²) in [4.78, 5) is 2.37. The van der Waals surface area contributed by atoms with E-state index in [-0.39, 0.29) is 6.61 Å². The van der Waals surface area contributed by atoms with E-state index in [2.05, 4.69) is 15.3 Å². The monoisotopic (exact) mass is 416 g/mol. The first kappa shape index (κ1) is 22.6. The Kier molecular flexibility index (Phi) is 9.47. The van der Waals surface area contributed by atoms with Crippen molar-refractivity contribution in [3.8, 4) is 11.5 Å². The van der Waals surface area contributed by atoms with E-state index in [0.29, 0.717) is 13.1 Å². The van der Waals surface area contributed by atoms with Gasteiger partial charge in [0.1, 0.15) is 24.2 Å². The lowest BCUT2D eigenvalue weighted by Gasteiger charge is -2.27. The van der Waals surface area contributed by atoms with Gasteiger partial charge in [-0.3, -0.25) is 4.68 Å². The first-order valence-corrected chi connectivity index (χ1v) is 11.1. The largest absolute Gasteiger partial charge is 0.497 e. The summed E-state index contributed by atoms with van der Waals surface area (Å²) in [7, 11) is 1.65. The van der Waals surface area contributed by atoms with Crippen molar-refractivity contribution < 1.29 is 14.6 Å². The molecule has 1 unspecified atom stereocenters. The summed E-state index contributed by atoms with van der Waals surface area (Å²) in [5, 5.41) is 18.2. The van der Waals surface area contributed by atoms with Crippen LogP contribution in [0.3, 0.4) is 0 Å². The highest BCUT2D eigenvalue weighted by Gasteiger charge is 2.15. The van der Waals surface area contributed by atoms with Crippen molar-refractivity contribution in [3.05, 3.63) is 42.2 Å². The van der Waals surface area contributed by atoms with Crippen LogP contribution in [-0.2, 0) is 13.1 Å². The number of aromatic nitrogens is 2. The van der Waals surface area contributed by atoms with Gasteiger partial charge in [0.2, 0.25) is 0 Å². The zero-order chi connectivity index (χ0) is 21.0. The second kappa shape index (κ2) is 12.6. The molecule has 30 heavy (non-hydrogen) atoms. The molecule has 1 aliphatic heterocycles. The van der Waals surface area contributed by atoms with E-state index >= 15 is 0 Å². The Labute approximate surface area is 180 Å². The summed E-state index contributed by atoms with van der Waals surface area (Å²) in [5.74, 6) is 1.51. The van der Waals surface area contributed by atoms with Crippen LogP contribution in [0.2, 0.25) is 0 Å². The lowest BCUT2D eigenvalue weighted by atomic mass is 10.1. The number of rotatable bonds is 11. The minimum absolute atomic E-state index is 0.282. The fraction of sp³-hybridized carbons (Fsp3) is 0.609. The first-order valence-electron chi connectivity index (χ1n) is 11.1. The van der Waals surface area contributed by atoms with E-state index < -0.39 is 6.10 Å². The molecule has 1 aromatic carbocycles. The van der Waals surface area contributed by atoms with Crippen molar-refractivity contribution in [2.24, 2.45) is 0 Å². The zero-order valence-electron chi connectivity index (χ0n) is 18.1. The first-order chi connectivity index (χ1) is 14.7. The van der Waals surface area contributed by atoms with Gasteiger partial charge in [0.15, 0.2) is 0 Å². The molecule has 0 aliphatic carbocycles. The van der Waals surface area contributed by atoms with Gasteiger partial charge < -0.3 is 24.8 Å². The lowest BCUT2D eigenvalue weighted by Crippen LogP contribution is -2.37. The Hall–Kier alpha value is -2.09. The van der Waals surface area contributed by atoms with Crippen molar-refractivity contribution in [1.29, 1.82) is 0 Å². The number of nitrogens with one attached hydrogen (secondary N) is 1. The van der Waals surface area contributed by atoms with Gasteiger partial charge in [0.05, 0.1) is 13.7 Å². The number of methoxy groups -OCH3 is 1. The van der Waals surface area contributed by atoms with Gasteiger partial charge in [-0.2, -0.15) is 5.10 Å². The van der Waals surface area contributed by atoms with E-state index in [1.54, 1.807) is 13.3 Å². The third-order valence-corrected chi connectivity index (χ3v) is 5.52. The Morgan fingerprint density at radius 3 is 2.70 bits per heavy atom. The Morgan fingerprint density at radius 1 is 1.17 bits per heavy atom. The molecular formula is C23H36N4O3. The molecule has 0 saturated carbocycles. The molecule has 2 N–H and O–H groups in total. The summed E-state index contributed by atoms with van der Waals surface area (Å²) in [5.41, 5.74) is 1.05. The molecule has 2 heterocycles. The third kappa shape index (κ3) is 7.63. The Bertz CT molecular complexity index is 715. The van der Waals surface area contributed by atoms with Gasteiger partial charge >= 0.3 is 0 Å². The molecule has 2 aromatic rings. The van der Waals surface area contributed by atoms with Crippen LogP contribution in [0.25, 0.3) is 0 Å². The van der Waals surface area contributed by atoms with Gasteiger partial charge in [0.25, 0.3) is 0 Å². The molecule has 166 valence electrons. The molecule has 0 bridgehead atoms. The Balaban J connectivity index is 1.48. The molecule has 1 fully saturated rings. The van der Waals surface area contributed by atoms with Gasteiger partial charge in [-0.15, -0.1) is 0 Å². The van der Waals surface area contributed by atoms with Crippen molar-refractivity contribution in [3.63, 3.8) is 0 Å². The molecule has 0 spiro atoms. The second-order valence-corrected chi connectivity index (χ2v) is 7.95. The van der Waals surface area contributed by atoms with E-state index in [4.69, 9.17) is 9.47 Å². The molecule has 3 rings (SSSR count). The van der Waals surface area contributed by atoms with Crippen LogP contribution < -0.4 is 14.8 Å². The number of hydrogen-bond acceptors (Lipinski definition) is 6. The van der Waals surface area contributed by atoms with Gasteiger partial charge in [-0.1, -0.05) is 25.3 Å². The molecule has 0 radical (unpaired) electrons. The molecular weight excluding hydrogens is 380 g/mol. The summed E-state index contributed by atoms with van der Waals surface area (Å²) in [6.07, 6.45) is 9.61. The normalized spacial score (nSPS) is 16.6. The van der Waals surface area contributed by atoms with Gasteiger partial charge in [-0.05, 0) is 38.1 Å². The van der Waals surface area contributed by atoms with E-state index in [1.807, 2.05) is 35.1 Å². The summed E-state index contributed by atoms with van der Waals surface area (Å²) in [6.45, 7) is 5.40. The molecule has 0 amide bonds. The summed E-state index contributed by atoms with van der Waals surface area (Å²) in [6, 6.07) is 7.77. The average Bonchev–Trinajstić information content (AvgIpc) is 3.25. The maximum absolute atomic E-state index is 10.5. The number of benzene rings is 1. The number of aliphatic hydroxyl groups is 1. The van der Waals surface area contributed by atoms with Crippen molar-refractivity contribution >= 4 is 0 Å². The van der Waals surface area contributed by atoms with E-state index in [1.165, 1.54) is 32.1 Å². The minimum Gasteiger partial charge on any atom is -0.497 e. The fourth-order valence-electron chi connectivity index (χ4n) is 3.82. The lowest BCUT2D eigenvalue weighted by molar-refractivity contribution is 0.0650. The number of hydrogen-bond donors (Lipinski definition) is 2. The van der Waals surface area contributed by atoms with Crippen LogP contribution in [0.1, 0.15) is 37.7 Å². The van der Waals surface area contributed by atoms with Gasteiger partial charge in [-0.25, -0.2) is 0 Å². The Morgan fingerprint density at radius 2 is 1.97 bits per heavy atom. The zero-order valence-corrected chi connectivity index (χ0v) is 18.1. The predicted molar refractivity (Wildman–Crippen MR) is 118 cm³/mol. The number of aliphatic hydroxyl groups excluding tert-OH is 1. The molecule has 1 atom stereocenters. The fourth-order valence-corrected chi connectivity index (χ4v) is 3.82. The minimum atomic E-state index is -0.503. The highest BCUT2D eigenvalue weighted by molar-refractivity contribution is 5.40. The molecule has 7 nitrogen and oxygen atoms in total. The van der Waals surface area contributed by atoms with Crippen molar-refractivity contribution in [1.82, 2.24) is 20.0 Å². The summed E-state index contributed by atoms with van der Waals surface area (Å²) < 4.78 is 13.3. The van der Waals surface area contributed by atoms with Crippen LogP contribution in [-0.4, -0.2) is 65.8 Å². The second-order valence-electron chi connectivity index (χ2n) is 7.95. The van der Waals surface area contributed by atoms with E-state index in [0.717, 1.165) is 43.2 Å². The highest BCUT2D eigenvalue weighted by atomic mass is 16.5. The number of nitrogens with zero attached hydrogens (tertiary/aromatic N) is 3. The number of ether oxygens (including phenoxy) is 2. The highest BCUT2D eigenvalue weighted by Crippen LogP contribution is 2.25. The van der Waals surface area contributed by atoms with E-state index in [9.17, 15) is 5.11 Å².